The van der Waals surface area contributed by atoms with Crippen LogP contribution in [0.4, 0.5) is 0 Å². The largest absolute Gasteiger partial charge is 0.354 e. The molecule has 1 aliphatic rings. The lowest BCUT2D eigenvalue weighted by Gasteiger charge is -2.31. The Labute approximate surface area is 132 Å². The van der Waals surface area contributed by atoms with Crippen molar-refractivity contribution in [2.75, 3.05) is 6.54 Å². The van der Waals surface area contributed by atoms with Crippen molar-refractivity contribution in [3.8, 4) is 0 Å². The molecular weight excluding hydrogens is 348 g/mol. The van der Waals surface area contributed by atoms with Gasteiger partial charge in [-0.15, -0.1) is 23.7 Å². The number of carbonyl (C=O) groups excluding carboxylic acids is 1. The molecule has 108 valence electrons. The molecule has 2 rings (SSSR count). The number of carbonyl (C=O) groups is 1. The number of halogens is 2. The van der Waals surface area contributed by atoms with E-state index < -0.39 is 5.54 Å². The topological polar surface area (TPSA) is 55.1 Å². The van der Waals surface area contributed by atoms with Crippen LogP contribution in [0.15, 0.2) is 15.9 Å². The minimum absolute atomic E-state index is 0. The standard InChI is InChI=1S/C13H19BrN2OS.ClH/c14-11-5-4-10(18-11)6-9-16-12(17)13(15)7-2-1-3-8-13;/h4-5H,1-3,6-9,15H2,(H,16,17);1H. The van der Waals surface area contributed by atoms with Gasteiger partial charge in [-0.25, -0.2) is 0 Å². The van der Waals surface area contributed by atoms with Crippen LogP contribution in [0.1, 0.15) is 37.0 Å². The molecule has 0 spiro atoms. The molecule has 0 aliphatic heterocycles. The van der Waals surface area contributed by atoms with Gasteiger partial charge in [-0.2, -0.15) is 0 Å². The molecule has 0 aromatic carbocycles. The van der Waals surface area contributed by atoms with Gasteiger partial charge in [0.15, 0.2) is 0 Å². The van der Waals surface area contributed by atoms with Gasteiger partial charge in [0.05, 0.1) is 9.33 Å². The van der Waals surface area contributed by atoms with E-state index >= 15 is 0 Å². The molecule has 0 atom stereocenters. The summed E-state index contributed by atoms with van der Waals surface area (Å²) in [5, 5.41) is 2.98. The van der Waals surface area contributed by atoms with Crippen LogP contribution >= 0.6 is 39.7 Å². The molecule has 0 saturated heterocycles. The van der Waals surface area contributed by atoms with Crippen molar-refractivity contribution in [3.63, 3.8) is 0 Å². The van der Waals surface area contributed by atoms with Gasteiger partial charge in [-0.05, 0) is 47.3 Å². The van der Waals surface area contributed by atoms with E-state index in [0.29, 0.717) is 6.54 Å². The summed E-state index contributed by atoms with van der Waals surface area (Å²) in [5.41, 5.74) is 5.55. The summed E-state index contributed by atoms with van der Waals surface area (Å²) in [5.74, 6) is 0.0258. The van der Waals surface area contributed by atoms with E-state index in [-0.39, 0.29) is 18.3 Å². The first-order valence-corrected chi connectivity index (χ1v) is 8.02. The molecule has 3 nitrogen and oxygen atoms in total. The van der Waals surface area contributed by atoms with Gasteiger partial charge in [0.2, 0.25) is 5.91 Å². The summed E-state index contributed by atoms with van der Waals surface area (Å²) in [6.07, 6.45) is 5.86. The van der Waals surface area contributed by atoms with Crippen molar-refractivity contribution in [1.82, 2.24) is 5.32 Å². The van der Waals surface area contributed by atoms with Gasteiger partial charge in [-0.3, -0.25) is 4.79 Å². The SMILES string of the molecule is Cl.NC1(C(=O)NCCc2ccc(Br)s2)CCCCC1. The van der Waals surface area contributed by atoms with Crippen molar-refractivity contribution in [3.05, 3.63) is 20.8 Å². The van der Waals surface area contributed by atoms with Gasteiger partial charge in [0.1, 0.15) is 0 Å². The van der Waals surface area contributed by atoms with E-state index in [4.69, 9.17) is 5.73 Å². The van der Waals surface area contributed by atoms with Crippen LogP contribution in [0, 0.1) is 0 Å². The fraction of sp³-hybridized carbons (Fsp3) is 0.615. The zero-order valence-corrected chi connectivity index (χ0v) is 14.0. The highest BCUT2D eigenvalue weighted by Gasteiger charge is 2.34. The average Bonchev–Trinajstić information content (AvgIpc) is 2.76. The zero-order valence-electron chi connectivity index (χ0n) is 10.8. The lowest BCUT2D eigenvalue weighted by Crippen LogP contribution is -2.55. The van der Waals surface area contributed by atoms with Crippen LogP contribution < -0.4 is 11.1 Å². The Bertz CT molecular complexity index is 419. The summed E-state index contributed by atoms with van der Waals surface area (Å²) in [6.45, 7) is 0.671. The van der Waals surface area contributed by atoms with Crippen LogP contribution in [0.3, 0.4) is 0 Å². The van der Waals surface area contributed by atoms with Gasteiger partial charge < -0.3 is 11.1 Å². The minimum Gasteiger partial charge on any atom is -0.354 e. The summed E-state index contributed by atoms with van der Waals surface area (Å²) in [6, 6.07) is 4.12. The maximum Gasteiger partial charge on any atom is 0.240 e. The van der Waals surface area contributed by atoms with E-state index in [1.54, 1.807) is 11.3 Å². The molecule has 1 aromatic rings. The molecule has 1 heterocycles. The molecule has 0 radical (unpaired) electrons. The lowest BCUT2D eigenvalue weighted by molar-refractivity contribution is -0.127. The summed E-state index contributed by atoms with van der Waals surface area (Å²) >= 11 is 5.14. The highest BCUT2D eigenvalue weighted by atomic mass is 79.9. The number of rotatable bonds is 4. The number of nitrogens with one attached hydrogen (secondary N) is 1. The van der Waals surface area contributed by atoms with E-state index in [1.165, 1.54) is 11.3 Å². The highest BCUT2D eigenvalue weighted by Crippen LogP contribution is 2.26. The normalized spacial score (nSPS) is 17.6. The molecular formula is C13H20BrClN2OS. The van der Waals surface area contributed by atoms with Crippen LogP contribution in [-0.2, 0) is 11.2 Å². The second kappa shape index (κ2) is 7.62. The van der Waals surface area contributed by atoms with Crippen molar-refractivity contribution in [2.24, 2.45) is 5.73 Å². The smallest absolute Gasteiger partial charge is 0.240 e. The molecule has 1 aliphatic carbocycles. The number of thiophene rings is 1. The van der Waals surface area contributed by atoms with Crippen molar-refractivity contribution in [1.29, 1.82) is 0 Å². The Morgan fingerprint density at radius 3 is 2.63 bits per heavy atom. The quantitative estimate of drug-likeness (QED) is 0.858. The molecule has 1 saturated carbocycles. The maximum atomic E-state index is 12.1. The molecule has 19 heavy (non-hydrogen) atoms. The molecule has 1 aromatic heterocycles. The lowest BCUT2D eigenvalue weighted by atomic mass is 9.82. The molecule has 0 bridgehead atoms. The second-order valence-electron chi connectivity index (χ2n) is 4.93. The van der Waals surface area contributed by atoms with E-state index in [9.17, 15) is 4.79 Å². The summed E-state index contributed by atoms with van der Waals surface area (Å²) < 4.78 is 1.13. The van der Waals surface area contributed by atoms with Crippen molar-refractivity contribution >= 4 is 45.6 Å². The van der Waals surface area contributed by atoms with Gasteiger partial charge >= 0.3 is 0 Å². The maximum absolute atomic E-state index is 12.1. The Balaban J connectivity index is 0.00000180. The monoisotopic (exact) mass is 366 g/mol. The van der Waals surface area contributed by atoms with Crippen molar-refractivity contribution < 1.29 is 4.79 Å². The van der Waals surface area contributed by atoms with E-state index in [1.807, 2.05) is 6.07 Å². The van der Waals surface area contributed by atoms with E-state index in [0.717, 1.165) is 35.9 Å². The summed E-state index contributed by atoms with van der Waals surface area (Å²) in [7, 11) is 0. The first-order valence-electron chi connectivity index (χ1n) is 6.41. The number of nitrogens with two attached hydrogens (primary N) is 1. The molecule has 3 N–H and O–H groups in total. The Hall–Kier alpha value is -0.100. The first-order chi connectivity index (χ1) is 8.60. The summed E-state index contributed by atoms with van der Waals surface area (Å²) in [4.78, 5) is 13.3. The first kappa shape index (κ1) is 17.0. The van der Waals surface area contributed by atoms with Crippen molar-refractivity contribution in [2.45, 2.75) is 44.1 Å². The van der Waals surface area contributed by atoms with Gasteiger partial charge in [0.25, 0.3) is 0 Å². The average molecular weight is 368 g/mol. The van der Waals surface area contributed by atoms with Crippen LogP contribution in [0.5, 0.6) is 0 Å². The third kappa shape index (κ3) is 4.74. The fourth-order valence-electron chi connectivity index (χ4n) is 2.37. The third-order valence-electron chi connectivity index (χ3n) is 3.48. The third-order valence-corrected chi connectivity index (χ3v) is 5.17. The van der Waals surface area contributed by atoms with Crippen LogP contribution in [-0.4, -0.2) is 18.0 Å². The highest BCUT2D eigenvalue weighted by molar-refractivity contribution is 9.11. The molecule has 1 fully saturated rings. The predicted molar refractivity (Wildman–Crippen MR) is 86.0 cm³/mol. The number of amides is 1. The second-order valence-corrected chi connectivity index (χ2v) is 7.48. The number of hydrogen-bond donors (Lipinski definition) is 2. The predicted octanol–water partition coefficient (Wildman–Crippen LogP) is 3.25. The molecule has 1 amide bonds. The fourth-order valence-corrected chi connectivity index (χ4v) is 3.85. The minimum atomic E-state index is -0.617. The Morgan fingerprint density at radius 2 is 2.05 bits per heavy atom. The van der Waals surface area contributed by atoms with Gasteiger partial charge in [0, 0.05) is 11.4 Å². The zero-order chi connectivity index (χ0) is 13.0. The van der Waals surface area contributed by atoms with Gasteiger partial charge in [-0.1, -0.05) is 19.3 Å². The number of hydrogen-bond acceptors (Lipinski definition) is 3. The molecule has 6 heteroatoms. The van der Waals surface area contributed by atoms with Crippen LogP contribution in [0.25, 0.3) is 0 Å². The van der Waals surface area contributed by atoms with E-state index in [2.05, 4.69) is 27.3 Å². The Kier molecular flexibility index (Phi) is 6.80. The molecule has 0 unspecified atom stereocenters. The Morgan fingerprint density at radius 1 is 1.37 bits per heavy atom. The van der Waals surface area contributed by atoms with Crippen LogP contribution in [0.2, 0.25) is 0 Å².